The molecule has 192 valence electrons. The quantitative estimate of drug-likeness (QED) is 0.425. The molecule has 0 aliphatic carbocycles. The van der Waals surface area contributed by atoms with Crippen LogP contribution in [0, 0.1) is 18.6 Å². The van der Waals surface area contributed by atoms with Gasteiger partial charge in [0.15, 0.2) is 11.5 Å². The van der Waals surface area contributed by atoms with Crippen molar-refractivity contribution in [3.8, 4) is 16.8 Å². The third kappa shape index (κ3) is 5.02. The van der Waals surface area contributed by atoms with Crippen LogP contribution in [0.25, 0.3) is 27.8 Å². The Labute approximate surface area is 211 Å². The molecular formula is C25H23F2N5O4S. The molecule has 1 aliphatic rings. The van der Waals surface area contributed by atoms with Gasteiger partial charge in [0.1, 0.15) is 17.2 Å². The lowest BCUT2D eigenvalue weighted by molar-refractivity contribution is 0.0977. The van der Waals surface area contributed by atoms with E-state index in [0.29, 0.717) is 29.9 Å². The number of hydrogen-bond donors (Lipinski definition) is 1. The van der Waals surface area contributed by atoms with Gasteiger partial charge in [0.25, 0.3) is 5.91 Å². The minimum absolute atomic E-state index is 0.0683. The Hall–Kier alpha value is -3.90. The van der Waals surface area contributed by atoms with Gasteiger partial charge in [-0.15, -0.1) is 0 Å². The van der Waals surface area contributed by atoms with Crippen molar-refractivity contribution >= 4 is 32.7 Å². The zero-order valence-electron chi connectivity index (χ0n) is 20.0. The van der Waals surface area contributed by atoms with E-state index in [1.807, 2.05) is 29.0 Å². The van der Waals surface area contributed by atoms with Gasteiger partial charge in [0.2, 0.25) is 10.0 Å². The number of aromatic nitrogens is 3. The Morgan fingerprint density at radius 2 is 1.76 bits per heavy atom. The van der Waals surface area contributed by atoms with Crippen molar-refractivity contribution in [3.63, 3.8) is 0 Å². The maximum Gasteiger partial charge on any atom is 0.283 e. The summed E-state index contributed by atoms with van der Waals surface area (Å²) < 4.78 is 60.2. The number of carbonyl (C=O) groups is 1. The molecule has 37 heavy (non-hydrogen) atoms. The number of nitrogens with one attached hydrogen (secondary N) is 1. The zero-order chi connectivity index (χ0) is 26.3. The van der Waals surface area contributed by atoms with Gasteiger partial charge in [0, 0.05) is 24.8 Å². The first kappa shape index (κ1) is 24.8. The van der Waals surface area contributed by atoms with Crippen LogP contribution in [0.3, 0.4) is 0 Å². The van der Waals surface area contributed by atoms with Crippen LogP contribution >= 0.6 is 0 Å². The number of carbonyl (C=O) groups excluding carboxylic acids is 1. The number of pyridine rings is 1. The van der Waals surface area contributed by atoms with E-state index >= 15 is 0 Å². The third-order valence-electron chi connectivity index (χ3n) is 6.02. The molecule has 1 amide bonds. The monoisotopic (exact) mass is 527 g/mol. The van der Waals surface area contributed by atoms with Crippen LogP contribution in [0.2, 0.25) is 0 Å². The predicted molar refractivity (Wildman–Crippen MR) is 134 cm³/mol. The molecule has 0 spiro atoms. The van der Waals surface area contributed by atoms with E-state index in [1.165, 1.54) is 16.8 Å². The molecule has 2 aromatic heterocycles. The fraction of sp³-hybridized carbons (Fsp3) is 0.240. The summed E-state index contributed by atoms with van der Waals surface area (Å²) >= 11 is 0. The first-order valence-electron chi connectivity index (χ1n) is 11.4. The summed E-state index contributed by atoms with van der Waals surface area (Å²) in [5.74, 6) is -2.56. The first-order chi connectivity index (χ1) is 17.6. The van der Waals surface area contributed by atoms with E-state index in [9.17, 15) is 22.0 Å². The lowest BCUT2D eigenvalue weighted by atomic mass is 10.0. The number of rotatable bonds is 5. The van der Waals surface area contributed by atoms with Crippen molar-refractivity contribution in [3.05, 3.63) is 71.6 Å². The van der Waals surface area contributed by atoms with Crippen LogP contribution in [0.4, 0.5) is 14.5 Å². The standard InChI is InChI=1S/C25H23F2N5O4S/c1-15-23-19(16-3-6-18(7-4-16)31-9-11-36-12-10-31)14-21(25(33)30-37(2,34)35)28-24(23)32(29-15)22-8-5-17(26)13-20(22)27/h3-8,13-14H,9-12H2,1-2H3,(H,30,33). The highest BCUT2D eigenvalue weighted by Crippen LogP contribution is 2.34. The van der Waals surface area contributed by atoms with Gasteiger partial charge in [-0.3, -0.25) is 4.79 Å². The van der Waals surface area contributed by atoms with Gasteiger partial charge >= 0.3 is 0 Å². The van der Waals surface area contributed by atoms with Crippen LogP contribution in [-0.4, -0.2) is 61.6 Å². The molecule has 0 atom stereocenters. The van der Waals surface area contributed by atoms with E-state index in [0.717, 1.165) is 42.7 Å². The molecule has 1 aliphatic heterocycles. The fourth-order valence-electron chi connectivity index (χ4n) is 4.35. The number of aryl methyl sites for hydroxylation is 1. The van der Waals surface area contributed by atoms with Gasteiger partial charge in [0.05, 0.1) is 30.5 Å². The number of hydrogen-bond acceptors (Lipinski definition) is 7. The second-order valence-electron chi connectivity index (χ2n) is 8.70. The largest absolute Gasteiger partial charge is 0.378 e. The van der Waals surface area contributed by atoms with Gasteiger partial charge in [-0.25, -0.2) is 31.6 Å². The van der Waals surface area contributed by atoms with Crippen LogP contribution in [-0.2, 0) is 14.8 Å². The smallest absolute Gasteiger partial charge is 0.283 e. The van der Waals surface area contributed by atoms with E-state index in [4.69, 9.17) is 4.74 Å². The van der Waals surface area contributed by atoms with Gasteiger partial charge in [-0.2, -0.15) is 5.10 Å². The Bertz CT molecular complexity index is 1610. The number of fused-ring (bicyclic) bond motifs is 1. The molecule has 0 unspecified atom stereocenters. The van der Waals surface area contributed by atoms with E-state index in [1.54, 1.807) is 6.92 Å². The van der Waals surface area contributed by atoms with E-state index < -0.39 is 27.6 Å². The first-order valence-corrected chi connectivity index (χ1v) is 13.3. The average molecular weight is 528 g/mol. The molecule has 0 bridgehead atoms. The summed E-state index contributed by atoms with van der Waals surface area (Å²) in [6.45, 7) is 4.53. The summed E-state index contributed by atoms with van der Waals surface area (Å²) in [6, 6.07) is 12.2. The lowest BCUT2D eigenvalue weighted by Crippen LogP contribution is -2.36. The van der Waals surface area contributed by atoms with Crippen LogP contribution in [0.15, 0.2) is 48.5 Å². The normalized spacial score (nSPS) is 14.2. The molecule has 1 fully saturated rings. The molecule has 9 nitrogen and oxygen atoms in total. The topological polar surface area (TPSA) is 106 Å². The number of nitrogens with zero attached hydrogens (tertiary/aromatic N) is 4. The van der Waals surface area contributed by atoms with Crippen molar-refractivity contribution in [2.45, 2.75) is 6.92 Å². The predicted octanol–water partition coefficient (Wildman–Crippen LogP) is 3.20. The van der Waals surface area contributed by atoms with Crippen LogP contribution < -0.4 is 9.62 Å². The molecule has 4 aromatic rings. The molecule has 3 heterocycles. The lowest BCUT2D eigenvalue weighted by Gasteiger charge is -2.29. The molecule has 2 aromatic carbocycles. The van der Waals surface area contributed by atoms with Crippen LogP contribution in [0.5, 0.6) is 0 Å². The molecule has 0 saturated carbocycles. The number of ether oxygens (including phenoxy) is 1. The molecule has 12 heteroatoms. The van der Waals surface area contributed by atoms with Crippen molar-refractivity contribution in [2.24, 2.45) is 0 Å². The van der Waals surface area contributed by atoms with Crippen molar-refractivity contribution in [1.29, 1.82) is 0 Å². The second-order valence-corrected chi connectivity index (χ2v) is 10.4. The Morgan fingerprint density at radius 1 is 1.05 bits per heavy atom. The number of benzene rings is 2. The summed E-state index contributed by atoms with van der Waals surface area (Å²) in [7, 11) is -3.87. The fourth-order valence-corrected chi connectivity index (χ4v) is 4.79. The number of halogens is 2. The highest BCUT2D eigenvalue weighted by molar-refractivity contribution is 7.89. The zero-order valence-corrected chi connectivity index (χ0v) is 20.8. The average Bonchev–Trinajstić information content (AvgIpc) is 3.19. The summed E-state index contributed by atoms with van der Waals surface area (Å²) in [5.41, 5.74) is 2.64. The SMILES string of the molecule is Cc1nn(-c2ccc(F)cc2F)c2nc(C(=O)NS(C)(=O)=O)cc(-c3ccc(N4CCOCC4)cc3)c12. The number of sulfonamides is 1. The Morgan fingerprint density at radius 3 is 2.41 bits per heavy atom. The molecule has 1 N–H and O–H groups in total. The highest BCUT2D eigenvalue weighted by atomic mass is 32.2. The van der Waals surface area contributed by atoms with E-state index in [2.05, 4.69) is 15.0 Å². The molecular weight excluding hydrogens is 504 g/mol. The minimum Gasteiger partial charge on any atom is -0.378 e. The van der Waals surface area contributed by atoms with Crippen molar-refractivity contribution in [1.82, 2.24) is 19.5 Å². The van der Waals surface area contributed by atoms with Crippen molar-refractivity contribution < 1.29 is 26.7 Å². The Balaban J connectivity index is 1.69. The van der Waals surface area contributed by atoms with E-state index in [-0.39, 0.29) is 17.0 Å². The van der Waals surface area contributed by atoms with Gasteiger partial charge in [-0.1, -0.05) is 12.1 Å². The number of anilines is 1. The summed E-state index contributed by atoms with van der Waals surface area (Å²) in [5, 5.41) is 4.96. The third-order valence-corrected chi connectivity index (χ3v) is 6.57. The molecule has 1 saturated heterocycles. The minimum atomic E-state index is -3.87. The van der Waals surface area contributed by atoms with Crippen LogP contribution in [0.1, 0.15) is 16.2 Å². The summed E-state index contributed by atoms with van der Waals surface area (Å²) in [4.78, 5) is 19.3. The second kappa shape index (κ2) is 9.52. The number of amides is 1. The maximum atomic E-state index is 14.7. The maximum absolute atomic E-state index is 14.7. The number of morpholine rings is 1. The summed E-state index contributed by atoms with van der Waals surface area (Å²) in [6.07, 6.45) is 0.858. The van der Waals surface area contributed by atoms with Gasteiger partial charge in [-0.05, 0) is 48.4 Å². The van der Waals surface area contributed by atoms with Crippen molar-refractivity contribution in [2.75, 3.05) is 37.5 Å². The molecule has 5 rings (SSSR count). The Kier molecular flexibility index (Phi) is 6.38. The highest BCUT2D eigenvalue weighted by Gasteiger charge is 2.23. The molecule has 0 radical (unpaired) electrons. The van der Waals surface area contributed by atoms with Gasteiger partial charge < -0.3 is 9.64 Å².